The lowest BCUT2D eigenvalue weighted by molar-refractivity contribution is 0.107. The summed E-state index contributed by atoms with van der Waals surface area (Å²) >= 11 is 0. The lowest BCUT2D eigenvalue weighted by atomic mass is 10.2. The number of carbonyl (C=O) groups is 1. The van der Waals surface area contributed by atoms with Gasteiger partial charge in [0.15, 0.2) is 29.5 Å². The molecule has 0 aromatic heterocycles. The van der Waals surface area contributed by atoms with Crippen LogP contribution in [-0.2, 0) is 34.1 Å². The van der Waals surface area contributed by atoms with Crippen molar-refractivity contribution in [2.75, 3.05) is 18.8 Å². The van der Waals surface area contributed by atoms with Crippen LogP contribution in [-0.4, -0.2) is 49.5 Å². The molecular formula is C10H11O8PS3. The van der Waals surface area contributed by atoms with Gasteiger partial charge in [-0.3, -0.25) is 9.36 Å². The number of hydrogen-bond acceptors (Lipinski definition) is 8. The van der Waals surface area contributed by atoms with E-state index in [1.165, 1.54) is 0 Å². The second-order valence-corrected chi connectivity index (χ2v) is 11.0. The van der Waals surface area contributed by atoms with E-state index in [4.69, 9.17) is 0 Å². The second-order valence-electron chi connectivity index (χ2n) is 4.48. The van der Waals surface area contributed by atoms with E-state index < -0.39 is 63.7 Å². The molecule has 0 aliphatic carbocycles. The molecule has 12 heteroatoms. The van der Waals surface area contributed by atoms with Gasteiger partial charge in [0.2, 0.25) is 8.46 Å². The monoisotopic (exact) mass is 386 g/mol. The zero-order chi connectivity index (χ0) is 17.5. The molecule has 0 spiro atoms. The van der Waals surface area contributed by atoms with Crippen LogP contribution in [0.25, 0.3) is 0 Å². The fourth-order valence-corrected chi connectivity index (χ4v) is 6.66. The molecule has 0 heterocycles. The molecule has 1 aromatic carbocycles. The van der Waals surface area contributed by atoms with Crippen LogP contribution < -0.4 is 0 Å². The zero-order valence-electron chi connectivity index (χ0n) is 11.6. The van der Waals surface area contributed by atoms with Crippen molar-refractivity contribution < 1.29 is 34.6 Å². The predicted octanol–water partition coefficient (Wildman–Crippen LogP) is 0.329. The molecule has 0 unspecified atom stereocenters. The van der Waals surface area contributed by atoms with Gasteiger partial charge >= 0.3 is 0 Å². The highest BCUT2D eigenvalue weighted by atomic mass is 32.2. The number of rotatable bonds is 5. The number of carbonyl (C=O) groups excluding carboxylic acids is 1. The molecule has 0 bridgehead atoms. The molecule has 1 aromatic rings. The zero-order valence-corrected chi connectivity index (χ0v) is 14.9. The fourth-order valence-electron chi connectivity index (χ4n) is 1.77. The summed E-state index contributed by atoms with van der Waals surface area (Å²) in [5, 5.41) is 0. The van der Waals surface area contributed by atoms with Crippen LogP contribution in [0.2, 0.25) is 0 Å². The van der Waals surface area contributed by atoms with Gasteiger partial charge in [-0.25, -0.2) is 25.3 Å². The Morgan fingerprint density at radius 2 is 1.27 bits per heavy atom. The van der Waals surface area contributed by atoms with Gasteiger partial charge in [-0.05, 0) is 12.1 Å². The summed E-state index contributed by atoms with van der Waals surface area (Å²) in [5.74, 6) is 0. The van der Waals surface area contributed by atoms with Gasteiger partial charge in [-0.1, -0.05) is 0 Å². The summed E-state index contributed by atoms with van der Waals surface area (Å²) in [6.45, 7) is 0. The van der Waals surface area contributed by atoms with Crippen molar-refractivity contribution in [2.24, 2.45) is 0 Å². The smallest absolute Gasteiger partial charge is 0.254 e. The first kappa shape index (κ1) is 18.9. The topological polar surface area (TPSA) is 137 Å². The van der Waals surface area contributed by atoms with E-state index >= 15 is 0 Å². The minimum atomic E-state index is -4.31. The summed E-state index contributed by atoms with van der Waals surface area (Å²) in [4.78, 5) is 8.89. The molecule has 0 atom stereocenters. The van der Waals surface area contributed by atoms with Crippen LogP contribution in [0.15, 0.2) is 26.8 Å². The van der Waals surface area contributed by atoms with Gasteiger partial charge in [-0.2, -0.15) is 0 Å². The van der Waals surface area contributed by atoms with Crippen molar-refractivity contribution in [1.82, 2.24) is 0 Å². The lowest BCUT2D eigenvalue weighted by Gasteiger charge is -2.13. The van der Waals surface area contributed by atoms with Crippen molar-refractivity contribution >= 4 is 43.5 Å². The maximum absolute atomic E-state index is 11.9. The molecule has 8 nitrogen and oxygen atoms in total. The number of benzene rings is 1. The van der Waals surface area contributed by atoms with Crippen molar-refractivity contribution in [3.05, 3.63) is 17.7 Å². The first-order valence-corrected chi connectivity index (χ1v) is 11.8. The molecule has 0 radical (unpaired) electrons. The highest BCUT2D eigenvalue weighted by Crippen LogP contribution is 2.33. The first-order chi connectivity index (χ1) is 9.71. The third-order valence-corrected chi connectivity index (χ3v) is 6.67. The Bertz CT molecular complexity index is 971. The molecular weight excluding hydrogens is 375 g/mol. The van der Waals surface area contributed by atoms with E-state index in [1.807, 2.05) is 0 Å². The molecule has 1 rings (SSSR count). The van der Waals surface area contributed by atoms with Crippen LogP contribution in [0.3, 0.4) is 0 Å². The van der Waals surface area contributed by atoms with Gasteiger partial charge in [0.25, 0.3) is 5.52 Å². The molecule has 0 aliphatic heterocycles. The van der Waals surface area contributed by atoms with Gasteiger partial charge in [0.05, 0.1) is 15.4 Å². The van der Waals surface area contributed by atoms with Crippen LogP contribution in [0, 0.1) is 0 Å². The summed E-state index contributed by atoms with van der Waals surface area (Å²) in [6, 6.07) is 1.63. The normalized spacial score (nSPS) is 13.2. The van der Waals surface area contributed by atoms with Crippen LogP contribution >= 0.6 is 8.46 Å². The van der Waals surface area contributed by atoms with Gasteiger partial charge < -0.3 is 0 Å². The Morgan fingerprint density at radius 1 is 0.818 bits per heavy atom. The third kappa shape index (κ3) is 3.78. The van der Waals surface area contributed by atoms with Crippen molar-refractivity contribution in [3.8, 4) is 0 Å². The maximum atomic E-state index is 11.9. The highest BCUT2D eigenvalue weighted by Gasteiger charge is 2.33. The Hall–Kier alpha value is -1.16. The van der Waals surface area contributed by atoms with Crippen LogP contribution in [0.4, 0.5) is 0 Å². The maximum Gasteiger partial charge on any atom is 0.254 e. The third-order valence-electron chi connectivity index (χ3n) is 2.53. The first-order valence-electron chi connectivity index (χ1n) is 5.36. The number of hydrogen-bond donors (Lipinski definition) is 0. The molecule has 122 valence electrons. The predicted molar refractivity (Wildman–Crippen MR) is 77.7 cm³/mol. The SMILES string of the molecule is CS(=O)(=O)c1ccc(C(=O)P=O)c(S(C)(=O)=O)c1S(C)(=O)=O. The van der Waals surface area contributed by atoms with Gasteiger partial charge in [-0.15, -0.1) is 0 Å². The highest BCUT2D eigenvalue weighted by molar-refractivity contribution is 7.95. The van der Waals surface area contributed by atoms with E-state index in [2.05, 4.69) is 0 Å². The van der Waals surface area contributed by atoms with E-state index in [0.717, 1.165) is 12.1 Å². The van der Waals surface area contributed by atoms with Crippen molar-refractivity contribution in [2.45, 2.75) is 14.7 Å². The average molecular weight is 386 g/mol. The second kappa shape index (κ2) is 5.80. The largest absolute Gasteiger partial charge is 0.280 e. The molecule has 0 N–H and O–H groups in total. The standard InChI is InChI=1S/C10H11O8PS3/c1-20(13,14)7-5-4-6(10(11)19-12)8(21(2,15)16)9(7)22(3,17)18/h4-5H,1-3H3. The minimum Gasteiger partial charge on any atom is -0.280 e. The van der Waals surface area contributed by atoms with Gasteiger partial charge in [0.1, 0.15) is 4.90 Å². The molecule has 0 saturated heterocycles. The fraction of sp³-hybridized carbons (Fsp3) is 0.300. The molecule has 0 saturated carbocycles. The number of sulfone groups is 3. The molecule has 22 heavy (non-hydrogen) atoms. The van der Waals surface area contributed by atoms with E-state index in [1.54, 1.807) is 0 Å². The van der Waals surface area contributed by atoms with Crippen molar-refractivity contribution in [3.63, 3.8) is 0 Å². The molecule has 0 amide bonds. The summed E-state index contributed by atoms with van der Waals surface area (Å²) in [5.41, 5.74) is -1.82. The molecule has 0 fully saturated rings. The quantitative estimate of drug-likeness (QED) is 0.660. The molecule has 0 aliphatic rings. The summed E-state index contributed by atoms with van der Waals surface area (Å²) < 4.78 is 81.8. The van der Waals surface area contributed by atoms with E-state index in [9.17, 15) is 34.6 Å². The van der Waals surface area contributed by atoms with Crippen LogP contribution in [0.5, 0.6) is 0 Å². The average Bonchev–Trinajstić information content (AvgIpc) is 2.32. The Labute approximate surface area is 129 Å². The van der Waals surface area contributed by atoms with Crippen LogP contribution in [0.1, 0.15) is 10.4 Å². The summed E-state index contributed by atoms with van der Waals surface area (Å²) in [6.07, 6.45) is 1.95. The van der Waals surface area contributed by atoms with E-state index in [-0.39, 0.29) is 0 Å². The Kier molecular flexibility index (Phi) is 4.98. The Balaban J connectivity index is 4.30. The Morgan fingerprint density at radius 3 is 1.59 bits per heavy atom. The minimum absolute atomic E-state index is 0.620. The lowest BCUT2D eigenvalue weighted by Crippen LogP contribution is -2.16. The van der Waals surface area contributed by atoms with Gasteiger partial charge in [0, 0.05) is 18.8 Å². The summed E-state index contributed by atoms with van der Waals surface area (Å²) in [7, 11) is -13.7. The van der Waals surface area contributed by atoms with Crippen molar-refractivity contribution in [1.29, 1.82) is 0 Å². The van der Waals surface area contributed by atoms with E-state index in [0.29, 0.717) is 18.8 Å².